The molecule has 5 atom stereocenters. The van der Waals surface area contributed by atoms with E-state index < -0.39 is 17.9 Å². The Balaban J connectivity index is 1.19. The van der Waals surface area contributed by atoms with E-state index in [1.165, 1.54) is 12.8 Å². The van der Waals surface area contributed by atoms with Crippen molar-refractivity contribution in [3.05, 3.63) is 35.9 Å². The van der Waals surface area contributed by atoms with Crippen molar-refractivity contribution in [2.75, 3.05) is 6.61 Å². The van der Waals surface area contributed by atoms with Crippen LogP contribution in [0, 0.1) is 0 Å². The van der Waals surface area contributed by atoms with Gasteiger partial charge in [0.25, 0.3) is 0 Å². The van der Waals surface area contributed by atoms with E-state index in [2.05, 4.69) is 12.1 Å². The van der Waals surface area contributed by atoms with E-state index in [0.717, 1.165) is 56.9 Å². The Bertz CT molecular complexity index is 742. The highest BCUT2D eigenvalue weighted by molar-refractivity contribution is 5.14. The molecule has 6 rings (SSSR count). The van der Waals surface area contributed by atoms with Crippen molar-refractivity contribution in [2.24, 2.45) is 0 Å². The number of ether oxygens (including phenoxy) is 6. The summed E-state index contributed by atoms with van der Waals surface area (Å²) in [5.74, 6) is -0.926. The summed E-state index contributed by atoms with van der Waals surface area (Å²) in [7, 11) is 0. The number of rotatable bonds is 4. The molecular weight excluding hydrogens is 396 g/mol. The fraction of sp³-hybridized carbons (Fsp3) is 0.760. The third-order valence-corrected chi connectivity index (χ3v) is 7.65. The molecule has 5 aliphatic rings. The molecule has 2 saturated carbocycles. The van der Waals surface area contributed by atoms with Crippen molar-refractivity contribution in [3.63, 3.8) is 0 Å². The Morgan fingerprint density at radius 2 is 1.48 bits per heavy atom. The van der Waals surface area contributed by atoms with E-state index in [4.69, 9.17) is 28.4 Å². The van der Waals surface area contributed by atoms with Crippen LogP contribution < -0.4 is 0 Å². The Hall–Kier alpha value is -1.02. The lowest BCUT2D eigenvalue weighted by Gasteiger charge is -2.35. The fourth-order valence-corrected chi connectivity index (χ4v) is 6.03. The largest absolute Gasteiger partial charge is 0.368 e. The van der Waals surface area contributed by atoms with E-state index in [1.54, 1.807) is 0 Å². The molecular formula is C25H34O6. The van der Waals surface area contributed by atoms with Crippen LogP contribution in [0.25, 0.3) is 0 Å². The predicted octanol–water partition coefficient (Wildman–Crippen LogP) is 4.45. The lowest BCUT2D eigenvalue weighted by molar-refractivity contribution is -0.263. The van der Waals surface area contributed by atoms with E-state index in [9.17, 15) is 0 Å². The zero-order valence-corrected chi connectivity index (χ0v) is 18.2. The maximum absolute atomic E-state index is 6.57. The van der Waals surface area contributed by atoms with E-state index in [0.29, 0.717) is 13.2 Å². The first-order chi connectivity index (χ1) is 15.2. The van der Waals surface area contributed by atoms with Crippen molar-refractivity contribution < 1.29 is 28.4 Å². The SMILES string of the molecule is c1ccc(CO[C@H]2[C@H]3OC4(CCCCC4)O[C@@H]3O[C@@H]2[C@@H]2COC3(CCCCC3)O2)cc1. The second-order valence-electron chi connectivity index (χ2n) is 9.84. The summed E-state index contributed by atoms with van der Waals surface area (Å²) in [6, 6.07) is 10.3. The van der Waals surface area contributed by atoms with Crippen LogP contribution >= 0.6 is 0 Å². The highest BCUT2D eigenvalue weighted by atomic mass is 16.9. The molecule has 2 spiro atoms. The standard InChI is InChI=1S/C25H34O6/c1-4-10-18(11-5-1)16-26-21-20(19-17-27-24(29-19)12-6-2-7-13-24)28-23-22(21)30-25(31-23)14-8-3-9-15-25/h1,4-5,10-11,19-23H,2-3,6-9,12-17H2/t19-,20+,21+,22+,23-/m0/s1. The van der Waals surface area contributed by atoms with Gasteiger partial charge in [-0.1, -0.05) is 43.2 Å². The lowest BCUT2D eigenvalue weighted by atomic mass is 9.94. The summed E-state index contributed by atoms with van der Waals surface area (Å²) in [6.45, 7) is 1.06. The van der Waals surface area contributed by atoms with Gasteiger partial charge in [-0.2, -0.15) is 0 Å². The summed E-state index contributed by atoms with van der Waals surface area (Å²) in [6.07, 6.45) is 9.65. The van der Waals surface area contributed by atoms with Crippen molar-refractivity contribution >= 4 is 0 Å². The molecule has 0 N–H and O–H groups in total. The Kier molecular flexibility index (Phi) is 5.57. The fourth-order valence-electron chi connectivity index (χ4n) is 6.03. The van der Waals surface area contributed by atoms with Gasteiger partial charge >= 0.3 is 0 Å². The zero-order chi connectivity index (χ0) is 20.7. The topological polar surface area (TPSA) is 55.4 Å². The van der Waals surface area contributed by atoms with Gasteiger partial charge in [-0.3, -0.25) is 0 Å². The third-order valence-electron chi connectivity index (χ3n) is 7.65. The summed E-state index contributed by atoms with van der Waals surface area (Å²) in [5, 5.41) is 0. The van der Waals surface area contributed by atoms with Gasteiger partial charge in [0.2, 0.25) is 0 Å². The van der Waals surface area contributed by atoms with E-state index >= 15 is 0 Å². The van der Waals surface area contributed by atoms with Crippen molar-refractivity contribution in [3.8, 4) is 0 Å². The van der Waals surface area contributed by atoms with Crippen LogP contribution in [0.15, 0.2) is 30.3 Å². The molecule has 2 aliphatic carbocycles. The number of benzene rings is 1. The first-order valence-electron chi connectivity index (χ1n) is 12.2. The van der Waals surface area contributed by atoms with Crippen LogP contribution in [-0.4, -0.2) is 48.9 Å². The van der Waals surface area contributed by atoms with Gasteiger partial charge in [-0.25, -0.2) is 0 Å². The van der Waals surface area contributed by atoms with Crippen LogP contribution in [0.4, 0.5) is 0 Å². The van der Waals surface area contributed by atoms with Crippen molar-refractivity contribution in [1.29, 1.82) is 0 Å². The molecule has 31 heavy (non-hydrogen) atoms. The predicted molar refractivity (Wildman–Crippen MR) is 112 cm³/mol. The Morgan fingerprint density at radius 3 is 2.23 bits per heavy atom. The minimum Gasteiger partial charge on any atom is -0.368 e. The van der Waals surface area contributed by atoms with Gasteiger partial charge in [0.1, 0.15) is 24.4 Å². The van der Waals surface area contributed by atoms with Crippen LogP contribution in [0.2, 0.25) is 0 Å². The zero-order valence-electron chi connectivity index (χ0n) is 18.2. The third kappa shape index (κ3) is 3.96. The van der Waals surface area contributed by atoms with Crippen LogP contribution in [0.1, 0.15) is 69.8 Å². The second kappa shape index (κ2) is 8.40. The van der Waals surface area contributed by atoms with Gasteiger partial charge in [0, 0.05) is 25.7 Å². The summed E-state index contributed by atoms with van der Waals surface area (Å²) < 4.78 is 38.6. The molecule has 1 aromatic rings. The molecule has 3 aliphatic heterocycles. The van der Waals surface area contributed by atoms with E-state index in [1.807, 2.05) is 18.2 Å². The molecule has 0 amide bonds. The van der Waals surface area contributed by atoms with Crippen LogP contribution in [0.5, 0.6) is 0 Å². The first-order valence-corrected chi connectivity index (χ1v) is 12.2. The smallest absolute Gasteiger partial charge is 0.190 e. The van der Waals surface area contributed by atoms with Crippen molar-refractivity contribution in [2.45, 2.75) is 113 Å². The van der Waals surface area contributed by atoms with E-state index in [-0.39, 0.29) is 24.4 Å². The molecule has 0 radical (unpaired) electrons. The number of hydrogen-bond donors (Lipinski definition) is 0. The quantitative estimate of drug-likeness (QED) is 0.704. The molecule has 1 aromatic carbocycles. The van der Waals surface area contributed by atoms with Crippen LogP contribution in [-0.2, 0) is 35.0 Å². The molecule has 6 heteroatoms. The van der Waals surface area contributed by atoms with Gasteiger partial charge < -0.3 is 28.4 Å². The number of fused-ring (bicyclic) bond motifs is 1. The average Bonchev–Trinajstić information content (AvgIpc) is 3.46. The van der Waals surface area contributed by atoms with Gasteiger partial charge in [0.15, 0.2) is 17.9 Å². The highest BCUT2D eigenvalue weighted by Gasteiger charge is 2.61. The molecule has 170 valence electrons. The monoisotopic (exact) mass is 430 g/mol. The lowest BCUT2D eigenvalue weighted by Crippen LogP contribution is -2.45. The number of hydrogen-bond acceptors (Lipinski definition) is 6. The van der Waals surface area contributed by atoms with Crippen LogP contribution in [0.3, 0.4) is 0 Å². The molecule has 3 heterocycles. The summed E-state index contributed by atoms with van der Waals surface area (Å²) in [4.78, 5) is 0. The molecule has 3 saturated heterocycles. The van der Waals surface area contributed by atoms with Gasteiger partial charge in [0.05, 0.1) is 13.2 Å². The minimum absolute atomic E-state index is 0.154. The minimum atomic E-state index is -0.496. The second-order valence-corrected chi connectivity index (χ2v) is 9.84. The maximum Gasteiger partial charge on any atom is 0.190 e. The molecule has 0 bridgehead atoms. The Morgan fingerprint density at radius 1 is 0.774 bits per heavy atom. The molecule has 0 unspecified atom stereocenters. The maximum atomic E-state index is 6.57. The highest BCUT2D eigenvalue weighted by Crippen LogP contribution is 2.48. The summed E-state index contributed by atoms with van der Waals surface area (Å²) in [5.41, 5.74) is 1.14. The molecule has 5 fully saturated rings. The molecule has 6 nitrogen and oxygen atoms in total. The van der Waals surface area contributed by atoms with Gasteiger partial charge in [-0.05, 0) is 31.2 Å². The average molecular weight is 431 g/mol. The summed E-state index contributed by atoms with van der Waals surface area (Å²) >= 11 is 0. The van der Waals surface area contributed by atoms with Crippen molar-refractivity contribution in [1.82, 2.24) is 0 Å². The Labute approximate surface area is 184 Å². The first kappa shape index (κ1) is 20.6. The normalized spacial score (nSPS) is 38.6. The molecule has 0 aromatic heterocycles. The van der Waals surface area contributed by atoms with Gasteiger partial charge in [-0.15, -0.1) is 0 Å².